The van der Waals surface area contributed by atoms with Crippen LogP contribution in [0.4, 0.5) is 26.5 Å². The Hall–Kier alpha value is -2.23. The average Bonchev–Trinajstić information content (AvgIpc) is 2.45. The van der Waals surface area contributed by atoms with Crippen LogP contribution < -0.4 is 4.74 Å². The Morgan fingerprint density at radius 1 is 1.10 bits per heavy atom. The summed E-state index contributed by atoms with van der Waals surface area (Å²) in [5, 5.41) is 0. The topological polar surface area (TPSA) is 44.8 Å². The zero-order chi connectivity index (χ0) is 16.0. The molecule has 1 rings (SSSR count). The number of benzene rings is 1. The van der Waals surface area contributed by atoms with E-state index in [0.717, 1.165) is 24.3 Å². The second kappa shape index (κ2) is 6.97. The first-order valence-corrected chi connectivity index (χ1v) is 5.08. The third-order valence-corrected chi connectivity index (χ3v) is 1.93. The number of alkyl halides is 2. The van der Waals surface area contributed by atoms with Crippen molar-refractivity contribution in [3.8, 4) is 5.75 Å². The summed E-state index contributed by atoms with van der Waals surface area (Å²) in [5.41, 5.74) is -0.276. The minimum absolute atomic E-state index is 0.276. The number of carbonyl (C=O) groups is 1. The summed E-state index contributed by atoms with van der Waals surface area (Å²) < 4.78 is 80.0. The van der Waals surface area contributed by atoms with Gasteiger partial charge in [-0.3, -0.25) is 0 Å². The van der Waals surface area contributed by atoms with E-state index in [4.69, 9.17) is 0 Å². The van der Waals surface area contributed by atoms with Crippen molar-refractivity contribution in [3.63, 3.8) is 0 Å². The molecule has 0 spiro atoms. The third kappa shape index (κ3) is 5.34. The Labute approximate surface area is 113 Å². The van der Waals surface area contributed by atoms with E-state index < -0.39 is 30.8 Å². The van der Waals surface area contributed by atoms with Gasteiger partial charge in [-0.05, 0) is 28.8 Å². The molecule has 0 fully saturated rings. The molecule has 0 aliphatic rings. The van der Waals surface area contributed by atoms with Crippen LogP contribution in [-0.2, 0) is 9.68 Å². The predicted octanol–water partition coefficient (Wildman–Crippen LogP) is 3.75. The Morgan fingerprint density at radius 3 is 2.14 bits per heavy atom. The first kappa shape index (κ1) is 16.8. The second-order valence-corrected chi connectivity index (χ2v) is 3.45. The van der Waals surface area contributed by atoms with Gasteiger partial charge in [0.15, 0.2) is 6.61 Å². The van der Waals surface area contributed by atoms with Crippen LogP contribution in [-0.4, -0.2) is 18.7 Å². The van der Waals surface area contributed by atoms with Gasteiger partial charge in [-0.2, -0.15) is 22.0 Å². The molecule has 1 aromatic carbocycles. The quantitative estimate of drug-likeness (QED) is 0.455. The lowest BCUT2D eigenvalue weighted by Gasteiger charge is -2.11. The summed E-state index contributed by atoms with van der Waals surface area (Å²) in [6.45, 7) is -1.66. The second-order valence-electron chi connectivity index (χ2n) is 3.45. The Morgan fingerprint density at radius 2 is 1.67 bits per heavy atom. The van der Waals surface area contributed by atoms with Crippen molar-refractivity contribution >= 4 is 5.97 Å². The summed E-state index contributed by atoms with van der Waals surface area (Å²) in [5.74, 6) is -1.62. The third-order valence-electron chi connectivity index (χ3n) is 1.93. The molecule has 0 atom stereocenters. The minimum Gasteiger partial charge on any atom is -0.453 e. The maximum absolute atomic E-state index is 12.4. The Balaban J connectivity index is 2.66. The van der Waals surface area contributed by atoms with Gasteiger partial charge in [0, 0.05) is 0 Å². The molecule has 0 saturated carbocycles. The van der Waals surface area contributed by atoms with Crippen LogP contribution in [0.5, 0.6) is 5.75 Å². The predicted molar refractivity (Wildman–Crippen MR) is 54.8 cm³/mol. The number of esters is 1. The van der Waals surface area contributed by atoms with Gasteiger partial charge < -0.3 is 9.47 Å². The van der Waals surface area contributed by atoms with Crippen LogP contribution in [0.25, 0.3) is 0 Å². The molecule has 0 saturated heterocycles. The monoisotopic (exact) mass is 316 g/mol. The lowest BCUT2D eigenvalue weighted by molar-refractivity contribution is -0.363. The van der Waals surface area contributed by atoms with Gasteiger partial charge in [-0.1, -0.05) is 0 Å². The van der Waals surface area contributed by atoms with Gasteiger partial charge in [-0.15, -0.1) is 4.94 Å². The number of hydrogen-bond acceptors (Lipinski definition) is 4. The molecule has 0 unspecified atom stereocenters. The fourth-order valence-electron chi connectivity index (χ4n) is 1.06. The molecular formula is C11H6F6O4. The molecule has 116 valence electrons. The average molecular weight is 316 g/mol. The molecule has 10 heteroatoms. The highest BCUT2D eigenvalue weighted by molar-refractivity contribution is 5.89. The highest BCUT2D eigenvalue weighted by Crippen LogP contribution is 2.20. The molecule has 0 aliphatic heterocycles. The molecule has 0 aromatic heterocycles. The van der Waals surface area contributed by atoms with Gasteiger partial charge in [-0.25, -0.2) is 4.79 Å². The summed E-state index contributed by atoms with van der Waals surface area (Å²) in [4.78, 5) is 13.5. The molecule has 0 bridgehead atoms. The SMILES string of the molecule is O=C(OCC(F)(F)OF)c1ccc(OC(F)=C(F)F)cc1. The molecule has 1 aromatic rings. The lowest BCUT2D eigenvalue weighted by Crippen LogP contribution is -2.26. The van der Waals surface area contributed by atoms with Crippen molar-refractivity contribution in [1.29, 1.82) is 0 Å². The van der Waals surface area contributed by atoms with Crippen molar-refractivity contribution in [2.24, 2.45) is 0 Å². The van der Waals surface area contributed by atoms with E-state index in [-0.39, 0.29) is 11.3 Å². The first-order chi connectivity index (χ1) is 9.75. The zero-order valence-corrected chi connectivity index (χ0v) is 9.92. The summed E-state index contributed by atoms with van der Waals surface area (Å²) in [6, 6.07) is 1.60. The molecular weight excluding hydrogens is 310 g/mol. The highest BCUT2D eigenvalue weighted by Gasteiger charge is 2.33. The number of halogens is 6. The van der Waals surface area contributed by atoms with Crippen molar-refractivity contribution in [1.82, 2.24) is 0 Å². The van der Waals surface area contributed by atoms with E-state index in [1.807, 2.05) is 0 Å². The van der Waals surface area contributed by atoms with E-state index >= 15 is 0 Å². The first-order valence-electron chi connectivity index (χ1n) is 5.08. The number of rotatable bonds is 6. The van der Waals surface area contributed by atoms with E-state index in [1.54, 1.807) is 0 Å². The summed E-state index contributed by atoms with van der Waals surface area (Å²) in [7, 11) is 0. The normalized spacial score (nSPS) is 11.0. The molecule has 21 heavy (non-hydrogen) atoms. The molecule has 0 amide bonds. The molecule has 0 aliphatic carbocycles. The fraction of sp³-hybridized carbons (Fsp3) is 0.182. The molecule has 0 radical (unpaired) electrons. The fourth-order valence-corrected chi connectivity index (χ4v) is 1.06. The van der Waals surface area contributed by atoms with Gasteiger partial charge >= 0.3 is 24.2 Å². The van der Waals surface area contributed by atoms with Crippen LogP contribution in [0.2, 0.25) is 0 Å². The zero-order valence-electron chi connectivity index (χ0n) is 9.92. The van der Waals surface area contributed by atoms with Crippen LogP contribution in [0, 0.1) is 0 Å². The molecule has 0 N–H and O–H groups in total. The number of hydrogen-bond donors (Lipinski definition) is 0. The van der Waals surface area contributed by atoms with E-state index in [1.165, 1.54) is 0 Å². The van der Waals surface area contributed by atoms with Crippen molar-refractivity contribution in [2.75, 3.05) is 6.61 Å². The van der Waals surface area contributed by atoms with Crippen molar-refractivity contribution in [2.45, 2.75) is 6.11 Å². The van der Waals surface area contributed by atoms with Crippen LogP contribution in [0.15, 0.2) is 36.4 Å². The summed E-state index contributed by atoms with van der Waals surface area (Å²) >= 11 is 0. The van der Waals surface area contributed by atoms with Crippen LogP contribution in [0.1, 0.15) is 10.4 Å². The highest BCUT2D eigenvalue weighted by atomic mass is 19.4. The van der Waals surface area contributed by atoms with Gasteiger partial charge in [0.1, 0.15) is 5.75 Å². The van der Waals surface area contributed by atoms with Crippen molar-refractivity contribution < 1.29 is 45.7 Å². The van der Waals surface area contributed by atoms with Crippen LogP contribution in [0.3, 0.4) is 0 Å². The maximum atomic E-state index is 12.4. The van der Waals surface area contributed by atoms with E-state index in [2.05, 4.69) is 14.4 Å². The Bertz CT molecular complexity index is 524. The Kier molecular flexibility index (Phi) is 5.59. The minimum atomic E-state index is -4.29. The van der Waals surface area contributed by atoms with E-state index in [0.29, 0.717) is 0 Å². The van der Waals surface area contributed by atoms with Gasteiger partial charge in [0.25, 0.3) is 0 Å². The van der Waals surface area contributed by atoms with Crippen LogP contribution >= 0.6 is 0 Å². The molecule has 0 heterocycles. The number of ether oxygens (including phenoxy) is 2. The standard InChI is InChI=1S/C11H6F6O4/c12-8(13)9(14)20-7-3-1-6(2-4-7)10(18)19-5-11(15,16)21-17/h1-4H,5H2. The summed E-state index contributed by atoms with van der Waals surface area (Å²) in [6.07, 6.45) is -6.96. The number of carbonyl (C=O) groups excluding carboxylic acids is 1. The van der Waals surface area contributed by atoms with Crippen molar-refractivity contribution in [3.05, 3.63) is 41.9 Å². The largest absolute Gasteiger partial charge is 0.453 e. The lowest BCUT2D eigenvalue weighted by atomic mass is 10.2. The maximum Gasteiger partial charge on any atom is 0.419 e. The smallest absolute Gasteiger partial charge is 0.419 e. The van der Waals surface area contributed by atoms with Gasteiger partial charge in [0.2, 0.25) is 0 Å². The molecule has 4 nitrogen and oxygen atoms in total. The van der Waals surface area contributed by atoms with E-state index in [9.17, 15) is 31.3 Å². The van der Waals surface area contributed by atoms with Gasteiger partial charge in [0.05, 0.1) is 5.56 Å².